The first kappa shape index (κ1) is 17.5. The molecule has 0 saturated heterocycles. The third-order valence-corrected chi connectivity index (χ3v) is 4.53. The summed E-state index contributed by atoms with van der Waals surface area (Å²) in [6.07, 6.45) is -3.43. The van der Waals surface area contributed by atoms with E-state index in [0.717, 1.165) is 24.6 Å². The Labute approximate surface area is 124 Å². The monoisotopic (exact) mass is 373 g/mol. The van der Waals surface area contributed by atoms with Gasteiger partial charge in [-0.05, 0) is 25.0 Å². The van der Waals surface area contributed by atoms with Gasteiger partial charge in [-0.3, -0.25) is 0 Å². The lowest BCUT2D eigenvalue weighted by Gasteiger charge is -2.13. The molecule has 1 rings (SSSR count). The van der Waals surface area contributed by atoms with Crippen LogP contribution in [0.15, 0.2) is 29.2 Å². The summed E-state index contributed by atoms with van der Waals surface area (Å²) in [7, 11) is -4.16. The van der Waals surface area contributed by atoms with E-state index in [0.29, 0.717) is 6.42 Å². The molecule has 20 heavy (non-hydrogen) atoms. The molecule has 0 aliphatic heterocycles. The predicted octanol–water partition coefficient (Wildman–Crippen LogP) is 3.55. The summed E-state index contributed by atoms with van der Waals surface area (Å²) in [5.41, 5.74) is -1.15. The largest absolute Gasteiger partial charge is 0.417 e. The summed E-state index contributed by atoms with van der Waals surface area (Å²) in [5, 5.41) is 0. The molecular formula is C12H15BrF3NO2S. The maximum atomic E-state index is 12.8. The quantitative estimate of drug-likeness (QED) is 0.612. The molecule has 8 heteroatoms. The van der Waals surface area contributed by atoms with Gasteiger partial charge in [0.1, 0.15) is 0 Å². The fourth-order valence-electron chi connectivity index (χ4n) is 1.60. The SMILES string of the molecule is CC(Br)CCCNS(=O)(=O)c1ccccc1C(F)(F)F. The van der Waals surface area contributed by atoms with Gasteiger partial charge in [-0.25, -0.2) is 13.1 Å². The summed E-state index contributed by atoms with van der Waals surface area (Å²) in [6.45, 7) is 2.01. The fraction of sp³-hybridized carbons (Fsp3) is 0.500. The maximum Gasteiger partial charge on any atom is 0.417 e. The topological polar surface area (TPSA) is 46.2 Å². The summed E-state index contributed by atoms with van der Waals surface area (Å²) in [4.78, 5) is -0.506. The molecule has 0 aliphatic carbocycles. The van der Waals surface area contributed by atoms with Gasteiger partial charge in [0.25, 0.3) is 0 Å². The number of sulfonamides is 1. The summed E-state index contributed by atoms with van der Waals surface area (Å²) in [5.74, 6) is 0. The van der Waals surface area contributed by atoms with Crippen LogP contribution >= 0.6 is 15.9 Å². The van der Waals surface area contributed by atoms with Crippen molar-refractivity contribution >= 4 is 26.0 Å². The van der Waals surface area contributed by atoms with E-state index in [1.807, 2.05) is 6.92 Å². The molecule has 1 atom stereocenters. The van der Waals surface area contributed by atoms with Crippen LogP contribution in [0.1, 0.15) is 25.3 Å². The minimum atomic E-state index is -4.70. The number of alkyl halides is 4. The normalized spacial score (nSPS) is 14.2. The van der Waals surface area contributed by atoms with E-state index in [4.69, 9.17) is 0 Å². The molecule has 1 aromatic carbocycles. The number of nitrogens with one attached hydrogen (secondary N) is 1. The lowest BCUT2D eigenvalue weighted by Crippen LogP contribution is -2.27. The van der Waals surface area contributed by atoms with Crippen molar-refractivity contribution in [2.24, 2.45) is 0 Å². The van der Waals surface area contributed by atoms with Crippen molar-refractivity contribution in [1.29, 1.82) is 0 Å². The molecule has 0 saturated carbocycles. The van der Waals surface area contributed by atoms with Crippen molar-refractivity contribution in [2.45, 2.75) is 35.7 Å². The van der Waals surface area contributed by atoms with E-state index in [1.54, 1.807) is 0 Å². The second kappa shape index (κ2) is 6.91. The number of hydrogen-bond donors (Lipinski definition) is 1. The highest BCUT2D eigenvalue weighted by Gasteiger charge is 2.36. The lowest BCUT2D eigenvalue weighted by atomic mass is 10.2. The standard InChI is InChI=1S/C12H15BrF3NO2S/c1-9(13)5-4-8-17-20(18,19)11-7-3-2-6-10(11)12(14,15)16/h2-3,6-7,9,17H,4-5,8H2,1H3. The Hall–Kier alpha value is -0.600. The number of hydrogen-bond acceptors (Lipinski definition) is 2. The van der Waals surface area contributed by atoms with Crippen LogP contribution in [-0.2, 0) is 16.2 Å². The van der Waals surface area contributed by atoms with Crippen molar-refractivity contribution in [3.8, 4) is 0 Å². The van der Waals surface area contributed by atoms with E-state index >= 15 is 0 Å². The molecular weight excluding hydrogens is 359 g/mol. The molecule has 114 valence electrons. The number of benzene rings is 1. The van der Waals surface area contributed by atoms with Crippen LogP contribution < -0.4 is 4.72 Å². The first-order valence-corrected chi connectivity index (χ1v) is 8.34. The van der Waals surface area contributed by atoms with E-state index in [-0.39, 0.29) is 11.4 Å². The van der Waals surface area contributed by atoms with Gasteiger partial charge >= 0.3 is 6.18 Å². The van der Waals surface area contributed by atoms with E-state index in [1.165, 1.54) is 6.07 Å². The van der Waals surface area contributed by atoms with E-state index in [9.17, 15) is 21.6 Å². The number of rotatable bonds is 6. The van der Waals surface area contributed by atoms with Crippen molar-refractivity contribution in [3.05, 3.63) is 29.8 Å². The molecule has 1 unspecified atom stereocenters. The minimum absolute atomic E-state index is 0.102. The molecule has 1 aromatic rings. The second-order valence-corrected chi connectivity index (χ2v) is 7.61. The molecule has 1 N–H and O–H groups in total. The van der Waals surface area contributed by atoms with Crippen LogP contribution in [-0.4, -0.2) is 19.8 Å². The third-order valence-electron chi connectivity index (χ3n) is 2.55. The zero-order chi connectivity index (χ0) is 15.4. The molecule has 0 aromatic heterocycles. The molecule has 0 fully saturated rings. The average molecular weight is 374 g/mol. The average Bonchev–Trinajstić information content (AvgIpc) is 2.33. The molecule has 0 spiro atoms. The molecule has 0 bridgehead atoms. The third kappa shape index (κ3) is 5.06. The van der Waals surface area contributed by atoms with Gasteiger partial charge in [0.15, 0.2) is 0 Å². The van der Waals surface area contributed by atoms with Crippen LogP contribution in [0.25, 0.3) is 0 Å². The van der Waals surface area contributed by atoms with Gasteiger partial charge in [0.05, 0.1) is 10.5 Å². The highest BCUT2D eigenvalue weighted by atomic mass is 79.9. The highest BCUT2D eigenvalue weighted by Crippen LogP contribution is 2.33. The van der Waals surface area contributed by atoms with E-state index in [2.05, 4.69) is 20.7 Å². The molecule has 0 heterocycles. The van der Waals surface area contributed by atoms with E-state index < -0.39 is 26.7 Å². The Morgan fingerprint density at radius 3 is 2.45 bits per heavy atom. The highest BCUT2D eigenvalue weighted by molar-refractivity contribution is 9.09. The Bertz CT molecular complexity index is 544. The van der Waals surface area contributed by atoms with Gasteiger partial charge in [-0.15, -0.1) is 0 Å². The fourth-order valence-corrected chi connectivity index (χ4v) is 3.23. The number of halogens is 4. The van der Waals surface area contributed by atoms with Gasteiger partial charge in [-0.1, -0.05) is 35.0 Å². The van der Waals surface area contributed by atoms with Crippen molar-refractivity contribution < 1.29 is 21.6 Å². The molecule has 0 radical (unpaired) electrons. The first-order chi connectivity index (χ1) is 9.14. The van der Waals surface area contributed by atoms with Crippen LogP contribution in [0, 0.1) is 0 Å². The predicted molar refractivity (Wildman–Crippen MR) is 74.3 cm³/mol. The van der Waals surface area contributed by atoms with Gasteiger partial charge in [0, 0.05) is 11.4 Å². The Kier molecular flexibility index (Phi) is 6.03. The van der Waals surface area contributed by atoms with Crippen LogP contribution in [0.3, 0.4) is 0 Å². The smallest absolute Gasteiger partial charge is 0.211 e. The van der Waals surface area contributed by atoms with Gasteiger partial charge in [0.2, 0.25) is 10.0 Å². The van der Waals surface area contributed by atoms with Gasteiger partial charge in [-0.2, -0.15) is 13.2 Å². The first-order valence-electron chi connectivity index (χ1n) is 5.94. The Balaban J connectivity index is 2.88. The Morgan fingerprint density at radius 2 is 1.90 bits per heavy atom. The summed E-state index contributed by atoms with van der Waals surface area (Å²) < 4.78 is 64.4. The molecule has 0 aliphatic rings. The Morgan fingerprint density at radius 1 is 1.30 bits per heavy atom. The minimum Gasteiger partial charge on any atom is -0.211 e. The zero-order valence-electron chi connectivity index (χ0n) is 10.7. The maximum absolute atomic E-state index is 12.8. The zero-order valence-corrected chi connectivity index (χ0v) is 13.1. The van der Waals surface area contributed by atoms with Crippen molar-refractivity contribution in [3.63, 3.8) is 0 Å². The van der Waals surface area contributed by atoms with Crippen LogP contribution in [0.4, 0.5) is 13.2 Å². The van der Waals surface area contributed by atoms with Gasteiger partial charge < -0.3 is 0 Å². The second-order valence-electron chi connectivity index (χ2n) is 4.31. The molecule has 3 nitrogen and oxygen atoms in total. The summed E-state index contributed by atoms with van der Waals surface area (Å²) >= 11 is 3.31. The molecule has 0 amide bonds. The summed E-state index contributed by atoms with van der Waals surface area (Å²) in [6, 6.07) is 4.14. The van der Waals surface area contributed by atoms with Crippen LogP contribution in [0.2, 0.25) is 0 Å². The van der Waals surface area contributed by atoms with Crippen LogP contribution in [0.5, 0.6) is 0 Å². The van der Waals surface area contributed by atoms with Crippen molar-refractivity contribution in [2.75, 3.05) is 6.54 Å². The van der Waals surface area contributed by atoms with Crippen molar-refractivity contribution in [1.82, 2.24) is 4.72 Å². The lowest BCUT2D eigenvalue weighted by molar-refractivity contribution is -0.139.